The van der Waals surface area contributed by atoms with Crippen molar-refractivity contribution in [2.75, 3.05) is 6.54 Å². The van der Waals surface area contributed by atoms with E-state index in [0.29, 0.717) is 25.3 Å². The zero-order chi connectivity index (χ0) is 29.6. The molecule has 0 aromatic heterocycles. The summed E-state index contributed by atoms with van der Waals surface area (Å²) in [5.74, 6) is -1.40. The summed E-state index contributed by atoms with van der Waals surface area (Å²) in [7, 11) is 0. The zero-order valence-corrected chi connectivity index (χ0v) is 24.9. The normalized spacial score (nSPS) is 21.3. The van der Waals surface area contributed by atoms with Crippen molar-refractivity contribution in [3.05, 3.63) is 35.9 Å². The molecular weight excluding hydrogens is 508 g/mol. The first-order chi connectivity index (χ1) is 18.9. The lowest BCUT2D eigenvalue weighted by Gasteiger charge is -2.34. The second-order valence-corrected chi connectivity index (χ2v) is 12.5. The van der Waals surface area contributed by atoms with Crippen LogP contribution in [0, 0.1) is 29.6 Å². The monoisotopic (exact) mass is 556 g/mol. The molecule has 222 valence electrons. The van der Waals surface area contributed by atoms with Crippen molar-refractivity contribution in [3.63, 3.8) is 0 Å². The summed E-state index contributed by atoms with van der Waals surface area (Å²) in [5.41, 5.74) is 0.912. The largest absolute Gasteiger partial charge is 0.381 e. The maximum Gasteiger partial charge on any atom is 0.251 e. The number of nitrogens with one attached hydrogen (secondary N) is 3. The lowest BCUT2D eigenvalue weighted by molar-refractivity contribution is -0.144. The van der Waals surface area contributed by atoms with Crippen molar-refractivity contribution in [1.29, 1.82) is 0 Å². The summed E-state index contributed by atoms with van der Waals surface area (Å²) in [6, 6.07) is 7.19. The number of rotatable bonds is 13. The van der Waals surface area contributed by atoms with E-state index in [1.807, 2.05) is 58.0 Å². The summed E-state index contributed by atoms with van der Waals surface area (Å²) in [6.07, 6.45) is 1.75. The van der Waals surface area contributed by atoms with Crippen LogP contribution >= 0.6 is 0 Å². The van der Waals surface area contributed by atoms with E-state index < -0.39 is 30.1 Å². The highest BCUT2D eigenvalue weighted by molar-refractivity contribution is 5.93. The molecule has 0 radical (unpaired) electrons. The second kappa shape index (κ2) is 14.1. The van der Waals surface area contributed by atoms with Gasteiger partial charge in [-0.05, 0) is 42.1 Å². The average molecular weight is 557 g/mol. The predicted molar refractivity (Wildman–Crippen MR) is 154 cm³/mol. The van der Waals surface area contributed by atoms with Crippen molar-refractivity contribution >= 4 is 23.6 Å². The van der Waals surface area contributed by atoms with E-state index in [1.54, 1.807) is 18.7 Å². The Kier molecular flexibility index (Phi) is 11.1. The third kappa shape index (κ3) is 8.29. The first-order valence-electron chi connectivity index (χ1n) is 14.8. The van der Waals surface area contributed by atoms with Crippen molar-refractivity contribution in [2.24, 2.45) is 29.6 Å². The highest BCUT2D eigenvalue weighted by Gasteiger charge is 2.46. The highest BCUT2D eigenvalue weighted by Crippen LogP contribution is 2.35. The molecule has 2 aliphatic rings. The zero-order valence-electron chi connectivity index (χ0n) is 24.9. The molecule has 1 heterocycles. The van der Waals surface area contributed by atoms with E-state index in [4.69, 9.17) is 0 Å². The van der Waals surface area contributed by atoms with Crippen LogP contribution < -0.4 is 16.0 Å². The van der Waals surface area contributed by atoms with Gasteiger partial charge in [0, 0.05) is 19.0 Å². The first-order valence-corrected chi connectivity index (χ1v) is 14.8. The lowest BCUT2D eigenvalue weighted by atomic mass is 9.87. The number of amides is 4. The third-order valence-corrected chi connectivity index (χ3v) is 8.18. The maximum atomic E-state index is 13.9. The van der Waals surface area contributed by atoms with Crippen LogP contribution in [0.1, 0.15) is 72.8 Å². The Labute approximate surface area is 238 Å². The number of carbonyl (C=O) groups is 4. The minimum atomic E-state index is -1.41. The maximum absolute atomic E-state index is 13.9. The number of aliphatic hydroxyl groups is 1. The summed E-state index contributed by atoms with van der Waals surface area (Å²) in [5, 5.41) is 19.7. The van der Waals surface area contributed by atoms with E-state index in [9.17, 15) is 24.3 Å². The molecule has 1 saturated heterocycles. The van der Waals surface area contributed by atoms with Crippen LogP contribution in [-0.4, -0.2) is 64.4 Å². The molecule has 1 aliphatic carbocycles. The molecule has 1 aliphatic heterocycles. The molecular formula is C31H48N4O5. The smallest absolute Gasteiger partial charge is 0.251 e. The highest BCUT2D eigenvalue weighted by atomic mass is 16.3. The average Bonchev–Trinajstić information content (AvgIpc) is 3.62. The second-order valence-electron chi connectivity index (χ2n) is 12.5. The fourth-order valence-electron chi connectivity index (χ4n) is 5.43. The quantitative estimate of drug-likeness (QED) is 0.297. The van der Waals surface area contributed by atoms with Gasteiger partial charge in [-0.25, -0.2) is 0 Å². The molecule has 0 bridgehead atoms. The van der Waals surface area contributed by atoms with E-state index in [1.165, 1.54) is 0 Å². The van der Waals surface area contributed by atoms with E-state index in [-0.39, 0.29) is 47.9 Å². The van der Waals surface area contributed by atoms with Gasteiger partial charge < -0.3 is 26.0 Å². The Morgan fingerprint density at radius 2 is 1.57 bits per heavy atom. The number of nitrogens with zero attached hydrogens (tertiary/aromatic N) is 1. The molecule has 4 N–H and O–H groups in total. The molecule has 5 atom stereocenters. The Hall–Kier alpha value is -2.94. The van der Waals surface area contributed by atoms with Gasteiger partial charge in [-0.15, -0.1) is 0 Å². The molecule has 2 fully saturated rings. The number of likely N-dealkylation sites (tertiary alicyclic amines) is 1. The molecule has 1 aromatic carbocycles. The van der Waals surface area contributed by atoms with Crippen molar-refractivity contribution in [1.82, 2.24) is 20.9 Å². The molecule has 1 aromatic rings. The van der Waals surface area contributed by atoms with Gasteiger partial charge in [0.2, 0.25) is 17.7 Å². The van der Waals surface area contributed by atoms with E-state index in [2.05, 4.69) is 16.0 Å². The van der Waals surface area contributed by atoms with E-state index >= 15 is 0 Å². The third-order valence-electron chi connectivity index (χ3n) is 8.18. The van der Waals surface area contributed by atoms with Crippen LogP contribution in [-0.2, 0) is 25.7 Å². The number of hydrogen-bond donors (Lipinski definition) is 4. The topological polar surface area (TPSA) is 128 Å². The molecule has 40 heavy (non-hydrogen) atoms. The molecule has 3 rings (SSSR count). The van der Waals surface area contributed by atoms with Gasteiger partial charge >= 0.3 is 0 Å². The summed E-state index contributed by atoms with van der Waals surface area (Å²) in [6.45, 7) is 12.1. The molecule has 9 heteroatoms. The van der Waals surface area contributed by atoms with E-state index in [0.717, 1.165) is 18.4 Å². The number of hydrogen-bond acceptors (Lipinski definition) is 5. The number of benzene rings is 1. The molecule has 2 unspecified atom stereocenters. The van der Waals surface area contributed by atoms with Crippen LogP contribution in [0.25, 0.3) is 0 Å². The predicted octanol–water partition coefficient (Wildman–Crippen LogP) is 2.62. The molecule has 4 amide bonds. The van der Waals surface area contributed by atoms with Crippen LogP contribution in [0.5, 0.6) is 0 Å². The SMILES string of the molecule is CC(C)C(=O)N[C@H](C(=O)N1CC[C@H](C(C)C)[C@H]1C(=O)NC(CC1CC1)C(O)C(=O)NCc1ccccc1)C(C)C. The van der Waals surface area contributed by atoms with Gasteiger partial charge in [0.05, 0.1) is 6.04 Å². The van der Waals surface area contributed by atoms with Crippen LogP contribution in [0.3, 0.4) is 0 Å². The number of carbonyl (C=O) groups excluding carboxylic acids is 4. The summed E-state index contributed by atoms with van der Waals surface area (Å²) in [4.78, 5) is 54.6. The van der Waals surface area contributed by atoms with Crippen molar-refractivity contribution < 1.29 is 24.3 Å². The van der Waals surface area contributed by atoms with Crippen LogP contribution in [0.15, 0.2) is 30.3 Å². The van der Waals surface area contributed by atoms with Crippen molar-refractivity contribution in [2.45, 2.75) is 98.0 Å². The van der Waals surface area contributed by atoms with Gasteiger partial charge in [-0.3, -0.25) is 19.2 Å². The summed E-state index contributed by atoms with van der Waals surface area (Å²) >= 11 is 0. The Bertz CT molecular complexity index is 1020. The first kappa shape index (κ1) is 31.6. The minimum absolute atomic E-state index is 0.0804. The van der Waals surface area contributed by atoms with Gasteiger partial charge in [-0.1, -0.05) is 84.7 Å². The minimum Gasteiger partial charge on any atom is -0.381 e. The Balaban J connectivity index is 1.76. The molecule has 0 spiro atoms. The molecule has 1 saturated carbocycles. The standard InChI is InChI=1S/C31H48N4O5/c1-18(2)23-14-15-35(31(40)25(19(3)4)34-28(37)20(5)6)26(23)29(38)33-24(16-21-12-13-21)27(36)30(39)32-17-22-10-8-7-9-11-22/h7-11,18-21,23-27,36H,12-17H2,1-6H3,(H,32,39)(H,33,38)(H,34,37)/t23-,24?,25+,26+,27?/m1/s1. The van der Waals surface area contributed by atoms with Crippen LogP contribution in [0.2, 0.25) is 0 Å². The van der Waals surface area contributed by atoms with Gasteiger partial charge in [0.15, 0.2) is 6.10 Å². The fraction of sp³-hybridized carbons (Fsp3) is 0.677. The Morgan fingerprint density at radius 3 is 2.12 bits per heavy atom. The summed E-state index contributed by atoms with van der Waals surface area (Å²) < 4.78 is 0. The lowest BCUT2D eigenvalue weighted by Crippen LogP contribution is -2.59. The van der Waals surface area contributed by atoms with Crippen molar-refractivity contribution in [3.8, 4) is 0 Å². The number of aliphatic hydroxyl groups excluding tert-OH is 1. The van der Waals surface area contributed by atoms with Gasteiger partial charge in [0.25, 0.3) is 5.91 Å². The molecule has 9 nitrogen and oxygen atoms in total. The Morgan fingerprint density at radius 1 is 0.925 bits per heavy atom. The van der Waals surface area contributed by atoms with Crippen LogP contribution in [0.4, 0.5) is 0 Å². The van der Waals surface area contributed by atoms with Gasteiger partial charge in [0.1, 0.15) is 12.1 Å². The van der Waals surface area contributed by atoms with Gasteiger partial charge in [-0.2, -0.15) is 0 Å². The fourth-order valence-corrected chi connectivity index (χ4v) is 5.43.